The van der Waals surface area contributed by atoms with Gasteiger partial charge in [0.25, 0.3) is 0 Å². The molecule has 2 nitrogen and oxygen atoms in total. The van der Waals surface area contributed by atoms with Crippen molar-refractivity contribution >= 4 is 11.0 Å². The van der Waals surface area contributed by atoms with Gasteiger partial charge in [-0.15, -0.1) is 0 Å². The molecule has 2 aromatic rings. The quantitative estimate of drug-likeness (QED) is 0.819. The molecule has 0 spiro atoms. The van der Waals surface area contributed by atoms with E-state index in [-0.39, 0.29) is 0 Å². The van der Waals surface area contributed by atoms with Gasteiger partial charge in [0.05, 0.1) is 6.54 Å². The molecule has 1 heterocycles. The van der Waals surface area contributed by atoms with E-state index < -0.39 is 0 Å². The van der Waals surface area contributed by atoms with Crippen LogP contribution in [0.15, 0.2) is 22.6 Å². The molecule has 0 aliphatic heterocycles. The Balaban J connectivity index is 2.48. The first-order chi connectivity index (χ1) is 9.17. The third-order valence-electron chi connectivity index (χ3n) is 3.60. The van der Waals surface area contributed by atoms with Crippen LogP contribution in [0.3, 0.4) is 0 Å². The molecule has 0 atom stereocenters. The summed E-state index contributed by atoms with van der Waals surface area (Å²) >= 11 is 0. The Morgan fingerprint density at radius 1 is 1.21 bits per heavy atom. The van der Waals surface area contributed by atoms with Gasteiger partial charge >= 0.3 is 0 Å². The van der Waals surface area contributed by atoms with E-state index in [0.29, 0.717) is 5.92 Å². The average molecular weight is 259 g/mol. The Morgan fingerprint density at radius 2 is 2.00 bits per heavy atom. The molecule has 104 valence electrons. The first kappa shape index (κ1) is 14.1. The molecule has 0 aliphatic carbocycles. The van der Waals surface area contributed by atoms with E-state index in [9.17, 15) is 0 Å². The van der Waals surface area contributed by atoms with Crippen molar-refractivity contribution in [1.29, 1.82) is 0 Å². The van der Waals surface area contributed by atoms with Crippen LogP contribution in [0, 0.1) is 0 Å². The topological polar surface area (TPSA) is 25.2 Å². The SMILES string of the molecule is CCCc1c(CNCC)oc2ccc(C(C)C)cc12. The lowest BCUT2D eigenvalue weighted by atomic mass is 9.98. The summed E-state index contributed by atoms with van der Waals surface area (Å²) < 4.78 is 6.03. The highest BCUT2D eigenvalue weighted by atomic mass is 16.3. The Bertz CT molecular complexity index is 539. The summed E-state index contributed by atoms with van der Waals surface area (Å²) in [4.78, 5) is 0. The number of furan rings is 1. The Morgan fingerprint density at radius 3 is 2.63 bits per heavy atom. The molecular formula is C17H25NO. The van der Waals surface area contributed by atoms with Crippen LogP contribution in [-0.4, -0.2) is 6.54 Å². The maximum atomic E-state index is 6.03. The summed E-state index contributed by atoms with van der Waals surface area (Å²) in [6.45, 7) is 10.6. The fraction of sp³-hybridized carbons (Fsp3) is 0.529. The Hall–Kier alpha value is -1.28. The third-order valence-corrected chi connectivity index (χ3v) is 3.60. The number of rotatable bonds is 6. The van der Waals surface area contributed by atoms with Crippen molar-refractivity contribution in [3.8, 4) is 0 Å². The van der Waals surface area contributed by atoms with Crippen LogP contribution >= 0.6 is 0 Å². The normalized spacial score (nSPS) is 11.6. The lowest BCUT2D eigenvalue weighted by molar-refractivity contribution is 0.513. The maximum absolute atomic E-state index is 6.03. The molecule has 1 N–H and O–H groups in total. The van der Waals surface area contributed by atoms with E-state index in [1.54, 1.807) is 0 Å². The standard InChI is InChI=1S/C17H25NO/c1-5-7-14-15-10-13(12(3)4)8-9-16(15)19-17(14)11-18-6-2/h8-10,12,18H,5-7,11H2,1-4H3. The molecule has 0 amide bonds. The fourth-order valence-corrected chi connectivity index (χ4v) is 2.48. The van der Waals surface area contributed by atoms with Crippen molar-refractivity contribution in [3.05, 3.63) is 35.1 Å². The van der Waals surface area contributed by atoms with E-state index in [2.05, 4.69) is 51.2 Å². The molecular weight excluding hydrogens is 234 g/mol. The molecule has 0 unspecified atom stereocenters. The van der Waals surface area contributed by atoms with Gasteiger partial charge in [-0.2, -0.15) is 0 Å². The highest BCUT2D eigenvalue weighted by Gasteiger charge is 2.14. The van der Waals surface area contributed by atoms with Gasteiger partial charge in [0.1, 0.15) is 11.3 Å². The monoisotopic (exact) mass is 259 g/mol. The van der Waals surface area contributed by atoms with Gasteiger partial charge in [-0.3, -0.25) is 0 Å². The van der Waals surface area contributed by atoms with E-state index in [4.69, 9.17) is 4.42 Å². The van der Waals surface area contributed by atoms with Gasteiger partial charge in [-0.1, -0.05) is 40.2 Å². The average Bonchev–Trinajstić information content (AvgIpc) is 2.74. The molecule has 0 saturated heterocycles. The predicted octanol–water partition coefficient (Wildman–Crippen LogP) is 4.62. The largest absolute Gasteiger partial charge is 0.459 e. The van der Waals surface area contributed by atoms with Gasteiger partial charge in [0, 0.05) is 10.9 Å². The van der Waals surface area contributed by atoms with Crippen molar-refractivity contribution < 1.29 is 4.42 Å². The second-order valence-electron chi connectivity index (χ2n) is 5.44. The fourth-order valence-electron chi connectivity index (χ4n) is 2.48. The van der Waals surface area contributed by atoms with Gasteiger partial charge in [0.15, 0.2) is 0 Å². The summed E-state index contributed by atoms with van der Waals surface area (Å²) in [5, 5.41) is 4.67. The molecule has 1 aromatic carbocycles. The van der Waals surface area contributed by atoms with Crippen LogP contribution in [0.25, 0.3) is 11.0 Å². The van der Waals surface area contributed by atoms with Crippen LogP contribution in [0.1, 0.15) is 56.9 Å². The first-order valence-corrected chi connectivity index (χ1v) is 7.42. The van der Waals surface area contributed by atoms with E-state index in [1.807, 2.05) is 0 Å². The first-order valence-electron chi connectivity index (χ1n) is 7.42. The number of aryl methyl sites for hydroxylation is 1. The maximum Gasteiger partial charge on any atom is 0.134 e. The minimum absolute atomic E-state index is 0.561. The van der Waals surface area contributed by atoms with Gasteiger partial charge < -0.3 is 9.73 Å². The van der Waals surface area contributed by atoms with Crippen LogP contribution in [0.5, 0.6) is 0 Å². The number of hydrogen-bond acceptors (Lipinski definition) is 2. The summed E-state index contributed by atoms with van der Waals surface area (Å²) in [7, 11) is 0. The Kier molecular flexibility index (Phi) is 4.65. The van der Waals surface area contributed by atoms with E-state index in [0.717, 1.165) is 37.3 Å². The van der Waals surface area contributed by atoms with Crippen molar-refractivity contribution in [1.82, 2.24) is 5.32 Å². The van der Waals surface area contributed by atoms with Crippen LogP contribution in [0.2, 0.25) is 0 Å². The van der Waals surface area contributed by atoms with Crippen molar-refractivity contribution in [3.63, 3.8) is 0 Å². The highest BCUT2D eigenvalue weighted by molar-refractivity contribution is 5.83. The second kappa shape index (κ2) is 6.25. The van der Waals surface area contributed by atoms with Gasteiger partial charge in [0.2, 0.25) is 0 Å². The molecule has 0 fully saturated rings. The van der Waals surface area contributed by atoms with Crippen molar-refractivity contribution in [2.45, 2.75) is 53.0 Å². The van der Waals surface area contributed by atoms with Gasteiger partial charge in [-0.25, -0.2) is 0 Å². The molecule has 1 aromatic heterocycles. The number of fused-ring (bicyclic) bond motifs is 1. The molecule has 0 saturated carbocycles. The molecule has 0 bridgehead atoms. The Labute approximate surface area is 116 Å². The van der Waals surface area contributed by atoms with E-state index >= 15 is 0 Å². The lowest BCUT2D eigenvalue weighted by Gasteiger charge is -2.05. The second-order valence-corrected chi connectivity index (χ2v) is 5.44. The minimum atomic E-state index is 0.561. The molecule has 0 aliphatic rings. The summed E-state index contributed by atoms with van der Waals surface area (Å²) in [6, 6.07) is 6.62. The molecule has 0 radical (unpaired) electrons. The smallest absolute Gasteiger partial charge is 0.134 e. The summed E-state index contributed by atoms with van der Waals surface area (Å²) in [6.07, 6.45) is 2.24. The molecule has 2 rings (SSSR count). The molecule has 2 heteroatoms. The number of benzene rings is 1. The van der Waals surface area contributed by atoms with Crippen molar-refractivity contribution in [2.24, 2.45) is 0 Å². The number of hydrogen-bond donors (Lipinski definition) is 1. The summed E-state index contributed by atoms with van der Waals surface area (Å²) in [5.41, 5.74) is 3.81. The number of nitrogens with one attached hydrogen (secondary N) is 1. The van der Waals surface area contributed by atoms with Gasteiger partial charge in [-0.05, 0) is 36.6 Å². The summed E-state index contributed by atoms with van der Waals surface area (Å²) in [5.74, 6) is 1.67. The van der Waals surface area contributed by atoms with Crippen LogP contribution in [-0.2, 0) is 13.0 Å². The third kappa shape index (κ3) is 3.01. The lowest BCUT2D eigenvalue weighted by Crippen LogP contribution is -2.12. The van der Waals surface area contributed by atoms with Crippen LogP contribution in [0.4, 0.5) is 0 Å². The zero-order valence-electron chi connectivity index (χ0n) is 12.5. The zero-order valence-corrected chi connectivity index (χ0v) is 12.5. The molecule has 19 heavy (non-hydrogen) atoms. The van der Waals surface area contributed by atoms with Crippen LogP contribution < -0.4 is 5.32 Å². The van der Waals surface area contributed by atoms with Crippen molar-refractivity contribution in [2.75, 3.05) is 6.54 Å². The van der Waals surface area contributed by atoms with E-state index in [1.165, 1.54) is 16.5 Å². The highest BCUT2D eigenvalue weighted by Crippen LogP contribution is 2.30. The zero-order chi connectivity index (χ0) is 13.8. The predicted molar refractivity (Wildman–Crippen MR) is 81.7 cm³/mol. The minimum Gasteiger partial charge on any atom is -0.459 e.